The van der Waals surface area contributed by atoms with E-state index in [1.807, 2.05) is 18.2 Å². The number of nitrogens with one attached hydrogen (secondary N) is 1. The molecular weight excluding hydrogens is 248 g/mol. The largest absolute Gasteiger partial charge is 0.497 e. The zero-order valence-electron chi connectivity index (χ0n) is 13.4. The molecule has 1 aromatic carbocycles. The summed E-state index contributed by atoms with van der Waals surface area (Å²) < 4.78 is 5.29. The van der Waals surface area contributed by atoms with E-state index in [1.54, 1.807) is 7.11 Å². The summed E-state index contributed by atoms with van der Waals surface area (Å²) in [5, 5.41) is 3.65. The minimum atomic E-state index is 0.379. The van der Waals surface area contributed by atoms with Crippen LogP contribution in [-0.2, 0) is 0 Å². The van der Waals surface area contributed by atoms with Crippen molar-refractivity contribution in [3.63, 3.8) is 0 Å². The molecule has 0 unspecified atom stereocenters. The molecular formula is C17H28N2O. The first-order valence-electron chi connectivity index (χ1n) is 7.40. The fourth-order valence-corrected chi connectivity index (χ4v) is 4.01. The molecule has 0 spiro atoms. The van der Waals surface area contributed by atoms with Crippen LogP contribution in [0.5, 0.6) is 5.75 Å². The van der Waals surface area contributed by atoms with Crippen LogP contribution in [0.2, 0.25) is 0 Å². The molecule has 3 heteroatoms. The van der Waals surface area contributed by atoms with Crippen molar-refractivity contribution in [3.8, 4) is 5.75 Å². The van der Waals surface area contributed by atoms with Gasteiger partial charge in [-0.05, 0) is 36.2 Å². The van der Waals surface area contributed by atoms with Crippen LogP contribution >= 0.6 is 0 Å². The first-order chi connectivity index (χ1) is 9.19. The second-order valence-corrected chi connectivity index (χ2v) is 7.75. The molecule has 20 heavy (non-hydrogen) atoms. The maximum atomic E-state index is 5.93. The summed E-state index contributed by atoms with van der Waals surface area (Å²) in [6.45, 7) is 9.45. The number of hydrogen-bond acceptors (Lipinski definition) is 3. The lowest BCUT2D eigenvalue weighted by molar-refractivity contribution is 0.105. The quantitative estimate of drug-likeness (QED) is 0.809. The highest BCUT2D eigenvalue weighted by Crippen LogP contribution is 2.46. The van der Waals surface area contributed by atoms with Gasteiger partial charge in [0.15, 0.2) is 0 Å². The summed E-state index contributed by atoms with van der Waals surface area (Å²) in [5.74, 6) is 0.807. The lowest BCUT2D eigenvalue weighted by atomic mass is 9.63. The first kappa shape index (κ1) is 15.0. The standard InChI is InChI=1S/C17H28N2O/c1-16(2)9-14(10-17(3,4)11-16)19-13-6-12(18)7-15(8-13)20-5/h6-8,14,19H,9-11,18H2,1-5H3. The van der Waals surface area contributed by atoms with Gasteiger partial charge in [0.1, 0.15) is 5.75 Å². The predicted octanol–water partition coefficient (Wildman–Crippen LogP) is 4.29. The van der Waals surface area contributed by atoms with Crippen LogP contribution in [0, 0.1) is 10.8 Å². The number of rotatable bonds is 3. The second-order valence-electron chi connectivity index (χ2n) is 7.75. The molecule has 2 rings (SSSR count). The monoisotopic (exact) mass is 276 g/mol. The van der Waals surface area contributed by atoms with E-state index >= 15 is 0 Å². The Hall–Kier alpha value is -1.38. The lowest BCUT2D eigenvalue weighted by Gasteiger charge is -2.45. The molecule has 3 nitrogen and oxygen atoms in total. The molecule has 0 saturated heterocycles. The third-order valence-corrected chi connectivity index (χ3v) is 4.09. The Morgan fingerprint density at radius 1 is 1.10 bits per heavy atom. The first-order valence-corrected chi connectivity index (χ1v) is 7.40. The van der Waals surface area contributed by atoms with Crippen molar-refractivity contribution in [3.05, 3.63) is 18.2 Å². The third-order valence-electron chi connectivity index (χ3n) is 4.09. The number of ether oxygens (including phenoxy) is 1. The molecule has 3 N–H and O–H groups in total. The number of hydrogen-bond donors (Lipinski definition) is 2. The van der Waals surface area contributed by atoms with E-state index in [9.17, 15) is 0 Å². The fraction of sp³-hybridized carbons (Fsp3) is 0.647. The summed E-state index contributed by atoms with van der Waals surface area (Å²) in [4.78, 5) is 0. The van der Waals surface area contributed by atoms with Gasteiger partial charge in [0.25, 0.3) is 0 Å². The van der Waals surface area contributed by atoms with Gasteiger partial charge in [-0.15, -0.1) is 0 Å². The molecule has 1 aromatic rings. The van der Waals surface area contributed by atoms with Gasteiger partial charge in [0.2, 0.25) is 0 Å². The molecule has 1 saturated carbocycles. The van der Waals surface area contributed by atoms with Crippen molar-refractivity contribution in [2.45, 2.75) is 53.0 Å². The van der Waals surface area contributed by atoms with E-state index in [2.05, 4.69) is 33.0 Å². The Balaban J connectivity index is 2.15. The summed E-state index contributed by atoms with van der Waals surface area (Å²) in [6, 6.07) is 6.34. The van der Waals surface area contributed by atoms with E-state index in [-0.39, 0.29) is 0 Å². The summed E-state index contributed by atoms with van der Waals surface area (Å²) >= 11 is 0. The Morgan fingerprint density at radius 2 is 1.70 bits per heavy atom. The van der Waals surface area contributed by atoms with Crippen LogP contribution in [0.25, 0.3) is 0 Å². The number of methoxy groups -OCH3 is 1. The Bertz CT molecular complexity index is 464. The zero-order chi connectivity index (χ0) is 15.0. The maximum absolute atomic E-state index is 5.93. The minimum Gasteiger partial charge on any atom is -0.497 e. The van der Waals surface area contributed by atoms with Crippen LogP contribution in [0.15, 0.2) is 18.2 Å². The second kappa shape index (κ2) is 5.19. The highest BCUT2D eigenvalue weighted by atomic mass is 16.5. The number of nitrogen functional groups attached to an aromatic ring is 1. The molecule has 112 valence electrons. The molecule has 1 fully saturated rings. The molecule has 0 aliphatic heterocycles. The maximum Gasteiger partial charge on any atom is 0.122 e. The number of anilines is 2. The fourth-order valence-electron chi connectivity index (χ4n) is 4.01. The highest BCUT2D eigenvalue weighted by Gasteiger charge is 2.38. The average Bonchev–Trinajstić information content (AvgIpc) is 2.23. The van der Waals surface area contributed by atoms with Crippen molar-refractivity contribution in [2.24, 2.45) is 10.8 Å². The van der Waals surface area contributed by atoms with Crippen LogP contribution in [0.1, 0.15) is 47.0 Å². The van der Waals surface area contributed by atoms with E-state index in [0.29, 0.717) is 16.9 Å². The molecule has 0 radical (unpaired) electrons. The van der Waals surface area contributed by atoms with Gasteiger partial charge >= 0.3 is 0 Å². The number of benzene rings is 1. The van der Waals surface area contributed by atoms with Crippen LogP contribution in [-0.4, -0.2) is 13.2 Å². The molecule has 0 heterocycles. The molecule has 0 amide bonds. The van der Waals surface area contributed by atoms with Gasteiger partial charge in [-0.3, -0.25) is 0 Å². The van der Waals surface area contributed by atoms with Gasteiger partial charge in [-0.1, -0.05) is 27.7 Å². The van der Waals surface area contributed by atoms with E-state index in [1.165, 1.54) is 19.3 Å². The third kappa shape index (κ3) is 3.81. The zero-order valence-corrected chi connectivity index (χ0v) is 13.4. The van der Waals surface area contributed by atoms with Gasteiger partial charge in [0.05, 0.1) is 7.11 Å². The van der Waals surface area contributed by atoms with Crippen molar-refractivity contribution < 1.29 is 4.74 Å². The molecule has 1 aliphatic carbocycles. The normalized spacial score (nSPS) is 21.4. The summed E-state index contributed by atoms with van der Waals surface area (Å²) in [5.41, 5.74) is 8.48. The lowest BCUT2D eigenvalue weighted by Crippen LogP contribution is -2.40. The van der Waals surface area contributed by atoms with Crippen LogP contribution in [0.3, 0.4) is 0 Å². The number of nitrogens with two attached hydrogens (primary N) is 1. The van der Waals surface area contributed by atoms with Crippen molar-refractivity contribution in [2.75, 3.05) is 18.2 Å². The average molecular weight is 276 g/mol. The topological polar surface area (TPSA) is 47.3 Å². The predicted molar refractivity (Wildman–Crippen MR) is 86.2 cm³/mol. The Labute approximate surface area is 122 Å². The molecule has 0 atom stereocenters. The van der Waals surface area contributed by atoms with Gasteiger partial charge in [-0.25, -0.2) is 0 Å². The summed E-state index contributed by atoms with van der Waals surface area (Å²) in [6.07, 6.45) is 3.65. The van der Waals surface area contributed by atoms with E-state index in [0.717, 1.165) is 17.1 Å². The van der Waals surface area contributed by atoms with Crippen molar-refractivity contribution in [1.82, 2.24) is 0 Å². The summed E-state index contributed by atoms with van der Waals surface area (Å²) in [7, 11) is 1.67. The van der Waals surface area contributed by atoms with Crippen LogP contribution in [0.4, 0.5) is 11.4 Å². The smallest absolute Gasteiger partial charge is 0.122 e. The van der Waals surface area contributed by atoms with Gasteiger partial charge in [0, 0.05) is 29.5 Å². The van der Waals surface area contributed by atoms with Crippen molar-refractivity contribution >= 4 is 11.4 Å². The van der Waals surface area contributed by atoms with E-state index < -0.39 is 0 Å². The van der Waals surface area contributed by atoms with Crippen LogP contribution < -0.4 is 15.8 Å². The molecule has 0 bridgehead atoms. The molecule has 1 aliphatic rings. The van der Waals surface area contributed by atoms with Gasteiger partial charge < -0.3 is 15.8 Å². The SMILES string of the molecule is COc1cc(N)cc(NC2CC(C)(C)CC(C)(C)C2)c1. The van der Waals surface area contributed by atoms with Crippen molar-refractivity contribution in [1.29, 1.82) is 0 Å². The van der Waals surface area contributed by atoms with E-state index in [4.69, 9.17) is 10.5 Å². The Morgan fingerprint density at radius 3 is 2.25 bits per heavy atom. The Kier molecular flexibility index (Phi) is 3.90. The van der Waals surface area contributed by atoms with Gasteiger partial charge in [-0.2, -0.15) is 0 Å². The highest BCUT2D eigenvalue weighted by molar-refractivity contribution is 5.59. The minimum absolute atomic E-state index is 0.379. The molecule has 0 aromatic heterocycles.